The molecule has 1 unspecified atom stereocenters. The zero-order valence-corrected chi connectivity index (χ0v) is 9.35. The van der Waals surface area contributed by atoms with Crippen LogP contribution in [0.2, 0.25) is 0 Å². The molecule has 0 aromatic carbocycles. The molecule has 0 radical (unpaired) electrons. The molecule has 5 heteroatoms. The quantitative estimate of drug-likeness (QED) is 0.744. The molecule has 90 valence electrons. The van der Waals surface area contributed by atoms with Crippen LogP contribution in [0.1, 0.15) is 34.1 Å². The highest BCUT2D eigenvalue weighted by Gasteiger charge is 2.55. The molecule has 1 saturated heterocycles. The Hall–Kier alpha value is -0.290. The van der Waals surface area contributed by atoms with Gasteiger partial charge in [-0.25, -0.2) is 0 Å². The van der Waals surface area contributed by atoms with Gasteiger partial charge in [0, 0.05) is 5.92 Å². The fraction of sp³-hybridized carbons (Fsp3) is 1.00. The molecule has 2 nitrogen and oxygen atoms in total. The van der Waals surface area contributed by atoms with Crippen LogP contribution < -0.4 is 0 Å². The third-order valence-corrected chi connectivity index (χ3v) is 2.86. The van der Waals surface area contributed by atoms with E-state index in [1.165, 1.54) is 0 Å². The molecule has 1 heterocycles. The summed E-state index contributed by atoms with van der Waals surface area (Å²) in [6.45, 7) is 6.64. The summed E-state index contributed by atoms with van der Waals surface area (Å²) in [5.74, 6) is -0.910. The van der Waals surface area contributed by atoms with Crippen molar-refractivity contribution in [3.05, 3.63) is 0 Å². The van der Waals surface area contributed by atoms with Crippen molar-refractivity contribution in [3.8, 4) is 0 Å². The minimum Gasteiger partial charge on any atom is -0.383 e. The van der Waals surface area contributed by atoms with Crippen LogP contribution in [-0.4, -0.2) is 28.6 Å². The van der Waals surface area contributed by atoms with Crippen molar-refractivity contribution in [1.29, 1.82) is 0 Å². The first-order chi connectivity index (χ1) is 6.46. The van der Waals surface area contributed by atoms with Crippen LogP contribution in [0, 0.1) is 5.92 Å². The van der Waals surface area contributed by atoms with Gasteiger partial charge in [-0.15, -0.1) is 0 Å². The van der Waals surface area contributed by atoms with E-state index in [9.17, 15) is 18.3 Å². The van der Waals surface area contributed by atoms with Gasteiger partial charge in [0.25, 0.3) is 0 Å². The molecule has 1 rings (SSSR count). The van der Waals surface area contributed by atoms with E-state index in [4.69, 9.17) is 4.74 Å². The molecule has 1 N–H and O–H groups in total. The molecular weight excluding hydrogens is 209 g/mol. The first-order valence-electron chi connectivity index (χ1n) is 4.91. The first-order valence-corrected chi connectivity index (χ1v) is 4.91. The second-order valence-electron chi connectivity index (χ2n) is 5.26. The van der Waals surface area contributed by atoms with Gasteiger partial charge in [-0.3, -0.25) is 0 Å². The molecule has 0 saturated carbocycles. The molecule has 0 aromatic rings. The highest BCUT2D eigenvalue weighted by Crippen LogP contribution is 2.46. The van der Waals surface area contributed by atoms with Crippen molar-refractivity contribution < 1.29 is 23.0 Å². The minimum atomic E-state index is -4.58. The second-order valence-corrected chi connectivity index (χ2v) is 5.26. The van der Waals surface area contributed by atoms with Gasteiger partial charge in [-0.2, -0.15) is 13.2 Å². The second kappa shape index (κ2) is 3.35. The maximum Gasteiger partial charge on any atom is 0.414 e. The van der Waals surface area contributed by atoms with E-state index < -0.39 is 29.4 Å². The third-order valence-electron chi connectivity index (χ3n) is 2.86. The highest BCUT2D eigenvalue weighted by atomic mass is 19.4. The van der Waals surface area contributed by atoms with Crippen molar-refractivity contribution in [2.24, 2.45) is 5.92 Å². The van der Waals surface area contributed by atoms with Crippen molar-refractivity contribution >= 4 is 0 Å². The van der Waals surface area contributed by atoms with Crippen LogP contribution in [0.5, 0.6) is 0 Å². The summed E-state index contributed by atoms with van der Waals surface area (Å²) in [4.78, 5) is 0. The molecule has 0 aliphatic carbocycles. The van der Waals surface area contributed by atoms with E-state index in [0.29, 0.717) is 0 Å². The molecule has 0 bridgehead atoms. The zero-order chi connectivity index (χ0) is 12.1. The van der Waals surface area contributed by atoms with Crippen LogP contribution in [0.4, 0.5) is 13.2 Å². The molecule has 1 aliphatic heterocycles. The Morgan fingerprint density at radius 1 is 1.27 bits per heavy atom. The molecule has 15 heavy (non-hydrogen) atoms. The maximum atomic E-state index is 12.4. The highest BCUT2D eigenvalue weighted by molar-refractivity contribution is 4.98. The number of hydrogen-bond acceptors (Lipinski definition) is 2. The Morgan fingerprint density at radius 3 is 2.00 bits per heavy atom. The van der Waals surface area contributed by atoms with E-state index in [2.05, 4.69) is 0 Å². The fourth-order valence-electron chi connectivity index (χ4n) is 2.32. The molecule has 2 atom stereocenters. The van der Waals surface area contributed by atoms with E-state index in [-0.39, 0.29) is 6.42 Å². The van der Waals surface area contributed by atoms with Gasteiger partial charge in [0.05, 0.1) is 11.2 Å². The predicted octanol–water partition coefficient (Wildman–Crippen LogP) is 2.50. The normalized spacial score (nSPS) is 31.6. The summed E-state index contributed by atoms with van der Waals surface area (Å²) in [6, 6.07) is 0. The first kappa shape index (κ1) is 12.8. The van der Waals surface area contributed by atoms with Gasteiger partial charge in [0.15, 0.2) is 6.10 Å². The summed E-state index contributed by atoms with van der Waals surface area (Å²) in [7, 11) is 0. The van der Waals surface area contributed by atoms with Gasteiger partial charge >= 0.3 is 6.18 Å². The molecule has 1 aliphatic rings. The van der Waals surface area contributed by atoms with Crippen molar-refractivity contribution in [3.63, 3.8) is 0 Å². The number of rotatable bonds is 1. The van der Waals surface area contributed by atoms with E-state index in [0.717, 1.165) is 0 Å². The number of alkyl halides is 3. The summed E-state index contributed by atoms with van der Waals surface area (Å²) >= 11 is 0. The standard InChI is InChI=1S/C10H17F3O2/c1-8(2)5-6(9(3,4)15-8)7(14)10(11,12)13/h6-7,14H,5H2,1-4H3/t6?,7-/m0/s1. The van der Waals surface area contributed by atoms with Gasteiger partial charge in [0.1, 0.15) is 0 Å². The van der Waals surface area contributed by atoms with Gasteiger partial charge in [-0.05, 0) is 34.1 Å². The maximum absolute atomic E-state index is 12.4. The zero-order valence-electron chi connectivity index (χ0n) is 9.35. The van der Waals surface area contributed by atoms with E-state index in [1.807, 2.05) is 0 Å². The molecule has 0 spiro atoms. The van der Waals surface area contributed by atoms with Crippen LogP contribution in [0.25, 0.3) is 0 Å². The Bertz CT molecular complexity index is 246. The largest absolute Gasteiger partial charge is 0.414 e. The number of hydrogen-bond donors (Lipinski definition) is 1. The van der Waals surface area contributed by atoms with Gasteiger partial charge in [0.2, 0.25) is 0 Å². The van der Waals surface area contributed by atoms with Crippen LogP contribution in [0.15, 0.2) is 0 Å². The molecule has 1 fully saturated rings. The average Bonchev–Trinajstić information content (AvgIpc) is 2.15. The topological polar surface area (TPSA) is 29.5 Å². The fourth-order valence-corrected chi connectivity index (χ4v) is 2.32. The lowest BCUT2D eigenvalue weighted by atomic mass is 9.83. The summed E-state index contributed by atoms with van der Waals surface area (Å²) in [6.07, 6.45) is -6.68. The Kier molecular flexibility index (Phi) is 2.85. The van der Waals surface area contributed by atoms with Gasteiger partial charge in [-0.1, -0.05) is 0 Å². The minimum absolute atomic E-state index is 0.209. The molecular formula is C10H17F3O2. The summed E-state index contributed by atoms with van der Waals surface area (Å²) < 4.78 is 42.7. The Labute approximate surface area is 87.4 Å². The Morgan fingerprint density at radius 2 is 1.73 bits per heavy atom. The van der Waals surface area contributed by atoms with Crippen LogP contribution in [0.3, 0.4) is 0 Å². The number of ether oxygens (including phenoxy) is 1. The predicted molar refractivity (Wildman–Crippen MR) is 49.4 cm³/mol. The monoisotopic (exact) mass is 226 g/mol. The van der Waals surface area contributed by atoms with E-state index >= 15 is 0 Å². The third kappa shape index (κ3) is 2.64. The molecule has 0 aromatic heterocycles. The van der Waals surface area contributed by atoms with Crippen LogP contribution >= 0.6 is 0 Å². The summed E-state index contributed by atoms with van der Waals surface area (Å²) in [5, 5.41) is 9.25. The SMILES string of the molecule is CC1(C)CC([C@H](O)C(F)(F)F)C(C)(C)O1. The van der Waals surface area contributed by atoms with Gasteiger partial charge < -0.3 is 9.84 Å². The molecule has 0 amide bonds. The van der Waals surface area contributed by atoms with Crippen molar-refractivity contribution in [2.45, 2.75) is 57.6 Å². The lowest BCUT2D eigenvalue weighted by molar-refractivity contribution is -0.230. The number of halogens is 3. The van der Waals surface area contributed by atoms with Crippen molar-refractivity contribution in [1.82, 2.24) is 0 Å². The van der Waals surface area contributed by atoms with E-state index in [1.54, 1.807) is 27.7 Å². The smallest absolute Gasteiger partial charge is 0.383 e. The summed E-state index contributed by atoms with van der Waals surface area (Å²) in [5.41, 5.74) is -1.56. The van der Waals surface area contributed by atoms with Crippen molar-refractivity contribution in [2.75, 3.05) is 0 Å². The number of aliphatic hydroxyl groups excluding tert-OH is 1. The lowest BCUT2D eigenvalue weighted by Gasteiger charge is -2.31. The average molecular weight is 226 g/mol. The number of aliphatic hydroxyl groups is 1. The Balaban J connectivity index is 2.88. The van der Waals surface area contributed by atoms with Crippen LogP contribution in [-0.2, 0) is 4.74 Å². The lowest BCUT2D eigenvalue weighted by Crippen LogP contribution is -2.44.